The summed E-state index contributed by atoms with van der Waals surface area (Å²) in [5, 5.41) is 9.58. The summed E-state index contributed by atoms with van der Waals surface area (Å²) in [7, 11) is 1.70. The van der Waals surface area contributed by atoms with E-state index in [0.29, 0.717) is 27.4 Å². The molecule has 1 N–H and O–H groups in total. The molecule has 3 aromatic heterocycles. The summed E-state index contributed by atoms with van der Waals surface area (Å²) in [6.07, 6.45) is 2.23. The Hall–Kier alpha value is -3.05. The number of halogens is 1. The molecule has 1 aromatic carbocycles. The van der Waals surface area contributed by atoms with Gasteiger partial charge in [-0.2, -0.15) is 5.10 Å². The van der Waals surface area contributed by atoms with E-state index in [1.807, 2.05) is 17.5 Å². The molecule has 0 saturated carbocycles. The van der Waals surface area contributed by atoms with E-state index in [1.54, 1.807) is 7.05 Å². The van der Waals surface area contributed by atoms with Crippen LogP contribution in [-0.4, -0.2) is 36.8 Å². The monoisotopic (exact) mass is 486 g/mol. The van der Waals surface area contributed by atoms with Crippen LogP contribution in [-0.2, 0) is 24.8 Å². The number of carbonyl (C=O) groups is 1. The van der Waals surface area contributed by atoms with Gasteiger partial charge in [-0.05, 0) is 39.7 Å². The minimum absolute atomic E-state index is 0.172. The first-order valence-corrected chi connectivity index (χ1v) is 10.8. The van der Waals surface area contributed by atoms with Gasteiger partial charge in [0.2, 0.25) is 5.91 Å². The molecular formula is C19H15BrN6O3S. The third kappa shape index (κ3) is 3.29. The van der Waals surface area contributed by atoms with Gasteiger partial charge in [-0.25, -0.2) is 14.6 Å². The van der Waals surface area contributed by atoms with Crippen molar-refractivity contribution in [1.82, 2.24) is 24.3 Å². The van der Waals surface area contributed by atoms with Crippen molar-refractivity contribution >= 4 is 49.3 Å². The van der Waals surface area contributed by atoms with Crippen molar-refractivity contribution < 1.29 is 9.53 Å². The zero-order chi connectivity index (χ0) is 20.8. The number of amides is 1. The number of benzene rings is 1. The Morgan fingerprint density at radius 2 is 2.27 bits per heavy atom. The summed E-state index contributed by atoms with van der Waals surface area (Å²) in [6, 6.07) is 5.97. The summed E-state index contributed by atoms with van der Waals surface area (Å²) in [5.74, 6) is 0.556. The lowest BCUT2D eigenvalue weighted by Crippen LogP contribution is -2.28. The highest BCUT2D eigenvalue weighted by atomic mass is 79.9. The maximum absolute atomic E-state index is 12.7. The molecule has 0 aliphatic carbocycles. The van der Waals surface area contributed by atoms with Gasteiger partial charge in [0, 0.05) is 24.4 Å². The van der Waals surface area contributed by atoms with Crippen molar-refractivity contribution in [2.24, 2.45) is 7.05 Å². The van der Waals surface area contributed by atoms with E-state index in [0.717, 1.165) is 29.0 Å². The fraction of sp³-hybridized carbons (Fsp3) is 0.211. The summed E-state index contributed by atoms with van der Waals surface area (Å²) in [5.41, 5.74) is 3.03. The number of hydrogen-bond acceptors (Lipinski definition) is 7. The number of nitrogens with zero attached hydrogens (tertiary/aromatic N) is 5. The molecule has 0 radical (unpaired) electrons. The van der Waals surface area contributed by atoms with Gasteiger partial charge in [0.25, 0.3) is 5.56 Å². The predicted octanol–water partition coefficient (Wildman–Crippen LogP) is 2.59. The highest BCUT2D eigenvalue weighted by molar-refractivity contribution is 9.10. The van der Waals surface area contributed by atoms with Crippen molar-refractivity contribution in [2.75, 3.05) is 11.9 Å². The third-order valence-electron chi connectivity index (χ3n) is 4.82. The van der Waals surface area contributed by atoms with Crippen LogP contribution >= 0.6 is 27.3 Å². The SMILES string of the molecule is Cn1nc(Br)c2c(=O)n(CC(=O)Nc3nc(-c4ccc5c(c4)CCO5)cs3)cnc21. The fourth-order valence-corrected chi connectivity index (χ4v) is 4.69. The molecule has 152 valence electrons. The number of aryl methyl sites for hydroxylation is 1. The second-order valence-electron chi connectivity index (χ2n) is 6.80. The average Bonchev–Trinajstić information content (AvgIpc) is 3.43. The van der Waals surface area contributed by atoms with Crippen LogP contribution in [0.1, 0.15) is 5.56 Å². The molecule has 1 amide bonds. The van der Waals surface area contributed by atoms with Crippen LogP contribution in [0.25, 0.3) is 22.3 Å². The number of fused-ring (bicyclic) bond motifs is 2. The van der Waals surface area contributed by atoms with Crippen LogP contribution in [0, 0.1) is 0 Å². The van der Waals surface area contributed by atoms with Crippen molar-refractivity contribution in [3.8, 4) is 17.0 Å². The first-order chi connectivity index (χ1) is 14.5. The average molecular weight is 487 g/mol. The van der Waals surface area contributed by atoms with E-state index < -0.39 is 0 Å². The van der Waals surface area contributed by atoms with E-state index in [-0.39, 0.29) is 18.0 Å². The molecule has 0 saturated heterocycles. The number of anilines is 1. The lowest BCUT2D eigenvalue weighted by Gasteiger charge is -2.05. The molecule has 0 atom stereocenters. The van der Waals surface area contributed by atoms with E-state index in [1.165, 1.54) is 26.9 Å². The number of thiazole rings is 1. The number of rotatable bonds is 4. The molecule has 11 heteroatoms. The fourth-order valence-electron chi connectivity index (χ4n) is 3.37. The largest absolute Gasteiger partial charge is 0.493 e. The maximum Gasteiger partial charge on any atom is 0.266 e. The molecule has 1 aliphatic rings. The summed E-state index contributed by atoms with van der Waals surface area (Å²) in [6.45, 7) is 0.529. The molecule has 0 spiro atoms. The van der Waals surface area contributed by atoms with Gasteiger partial charge < -0.3 is 10.1 Å². The van der Waals surface area contributed by atoms with Crippen molar-refractivity contribution in [2.45, 2.75) is 13.0 Å². The molecule has 30 heavy (non-hydrogen) atoms. The molecular weight excluding hydrogens is 472 g/mol. The van der Waals surface area contributed by atoms with E-state index in [2.05, 4.69) is 42.4 Å². The molecule has 4 aromatic rings. The van der Waals surface area contributed by atoms with Gasteiger partial charge in [-0.3, -0.25) is 14.2 Å². The summed E-state index contributed by atoms with van der Waals surface area (Å²) < 4.78 is 8.69. The Kier molecular flexibility index (Phi) is 4.63. The maximum atomic E-state index is 12.7. The third-order valence-corrected chi connectivity index (χ3v) is 6.13. The smallest absolute Gasteiger partial charge is 0.266 e. The second-order valence-corrected chi connectivity index (χ2v) is 8.41. The van der Waals surface area contributed by atoms with Crippen LogP contribution in [0.3, 0.4) is 0 Å². The van der Waals surface area contributed by atoms with Crippen LogP contribution in [0.5, 0.6) is 5.75 Å². The van der Waals surface area contributed by atoms with Gasteiger partial charge in [-0.15, -0.1) is 11.3 Å². The Balaban J connectivity index is 1.33. The van der Waals surface area contributed by atoms with Gasteiger partial charge in [-0.1, -0.05) is 0 Å². The van der Waals surface area contributed by atoms with E-state index >= 15 is 0 Å². The first-order valence-electron chi connectivity index (χ1n) is 9.09. The number of nitrogens with one attached hydrogen (secondary N) is 1. The zero-order valence-electron chi connectivity index (χ0n) is 15.8. The standard InChI is InChI=1S/C19H15BrN6O3S/c1-25-17-15(16(20)24-25)18(28)26(9-21-17)7-14(27)23-19-22-12(8-30-19)10-2-3-13-11(6-10)4-5-29-13/h2-3,6,8-9H,4-5,7H2,1H3,(H,22,23,27). The van der Waals surface area contributed by atoms with Crippen LogP contribution in [0.2, 0.25) is 0 Å². The summed E-state index contributed by atoms with van der Waals surface area (Å²) in [4.78, 5) is 33.9. The molecule has 9 nitrogen and oxygen atoms in total. The van der Waals surface area contributed by atoms with Gasteiger partial charge in [0.05, 0.1) is 12.3 Å². The minimum Gasteiger partial charge on any atom is -0.493 e. The van der Waals surface area contributed by atoms with Crippen molar-refractivity contribution in [3.63, 3.8) is 0 Å². The Morgan fingerprint density at radius 1 is 1.40 bits per heavy atom. The van der Waals surface area contributed by atoms with E-state index in [4.69, 9.17) is 4.74 Å². The summed E-state index contributed by atoms with van der Waals surface area (Å²) >= 11 is 4.60. The first kappa shape index (κ1) is 18.9. The molecule has 0 fully saturated rings. The highest BCUT2D eigenvalue weighted by Crippen LogP contribution is 2.31. The number of hydrogen-bond donors (Lipinski definition) is 1. The van der Waals surface area contributed by atoms with Gasteiger partial charge in [0.1, 0.15) is 28.6 Å². The van der Waals surface area contributed by atoms with Crippen LogP contribution in [0.4, 0.5) is 5.13 Å². The molecule has 0 unspecified atom stereocenters. The zero-order valence-corrected chi connectivity index (χ0v) is 18.2. The number of carbonyl (C=O) groups excluding carboxylic acids is 1. The van der Waals surface area contributed by atoms with Gasteiger partial charge in [0.15, 0.2) is 10.8 Å². The van der Waals surface area contributed by atoms with Crippen LogP contribution in [0.15, 0.2) is 39.3 Å². The topological polar surface area (TPSA) is 104 Å². The Labute approximate surface area is 182 Å². The highest BCUT2D eigenvalue weighted by Gasteiger charge is 2.17. The molecule has 5 rings (SSSR count). The number of aromatic nitrogens is 5. The quantitative estimate of drug-likeness (QED) is 0.475. The van der Waals surface area contributed by atoms with Crippen molar-refractivity contribution in [3.05, 3.63) is 50.4 Å². The van der Waals surface area contributed by atoms with Crippen LogP contribution < -0.4 is 15.6 Å². The normalized spacial score (nSPS) is 12.7. The molecule has 0 bridgehead atoms. The second kappa shape index (κ2) is 7.33. The molecule has 1 aliphatic heterocycles. The number of ether oxygens (including phenoxy) is 1. The Bertz CT molecular complexity index is 1360. The lowest BCUT2D eigenvalue weighted by atomic mass is 10.1. The minimum atomic E-state index is -0.360. The van der Waals surface area contributed by atoms with E-state index in [9.17, 15) is 9.59 Å². The van der Waals surface area contributed by atoms with Gasteiger partial charge >= 0.3 is 0 Å². The Morgan fingerprint density at radius 3 is 3.13 bits per heavy atom. The predicted molar refractivity (Wildman–Crippen MR) is 116 cm³/mol. The molecule has 4 heterocycles. The van der Waals surface area contributed by atoms with Crippen molar-refractivity contribution in [1.29, 1.82) is 0 Å². The lowest BCUT2D eigenvalue weighted by molar-refractivity contribution is -0.116.